The lowest BCUT2D eigenvalue weighted by Crippen LogP contribution is -2.39. The van der Waals surface area contributed by atoms with E-state index >= 15 is 0 Å². The van der Waals surface area contributed by atoms with Gasteiger partial charge in [-0.25, -0.2) is 11.0 Å². The summed E-state index contributed by atoms with van der Waals surface area (Å²) in [6, 6.07) is 0. The van der Waals surface area contributed by atoms with Crippen LogP contribution in [0.3, 0.4) is 0 Å². The predicted molar refractivity (Wildman–Crippen MR) is 93.8 cm³/mol. The van der Waals surface area contributed by atoms with E-state index in [4.69, 9.17) is 9.68 Å². The van der Waals surface area contributed by atoms with Crippen LogP contribution in [-0.2, 0) is 24.1 Å². The van der Waals surface area contributed by atoms with Crippen molar-refractivity contribution in [3.8, 4) is 0 Å². The first kappa shape index (κ1) is 23.3. The number of hydrogen-bond acceptors (Lipinski definition) is 5. The van der Waals surface area contributed by atoms with Crippen molar-refractivity contribution in [1.29, 1.82) is 0 Å². The van der Waals surface area contributed by atoms with E-state index in [9.17, 15) is 14.4 Å². The largest absolute Gasteiger partial charge is 0.356 e. The second-order valence-electron chi connectivity index (χ2n) is 7.71. The van der Waals surface area contributed by atoms with Gasteiger partial charge in [0.2, 0.25) is 17.7 Å². The van der Waals surface area contributed by atoms with Gasteiger partial charge < -0.3 is 5.32 Å². The van der Waals surface area contributed by atoms with Gasteiger partial charge in [0.15, 0.2) is 0 Å². The number of amides is 3. The molecule has 3 amide bonds. The van der Waals surface area contributed by atoms with Crippen LogP contribution in [0.25, 0.3) is 0 Å². The Hall–Kier alpha value is -1.67. The average Bonchev–Trinajstić information content (AvgIpc) is 2.50. The first-order chi connectivity index (χ1) is 11.4. The molecule has 0 aliphatic heterocycles. The molecule has 0 aliphatic carbocycles. The molecule has 0 aromatic heterocycles. The number of hydrogen-bond donors (Lipinski definition) is 3. The quantitative estimate of drug-likeness (QED) is 0.508. The van der Waals surface area contributed by atoms with Crippen molar-refractivity contribution in [3.63, 3.8) is 0 Å². The summed E-state index contributed by atoms with van der Waals surface area (Å²) in [6.45, 7) is 13.3. The molecule has 8 nitrogen and oxygen atoms in total. The Kier molecular flexibility index (Phi) is 10.3. The van der Waals surface area contributed by atoms with E-state index in [0.29, 0.717) is 12.5 Å². The lowest BCUT2D eigenvalue weighted by Gasteiger charge is -2.18. The molecule has 3 N–H and O–H groups in total. The van der Waals surface area contributed by atoms with Gasteiger partial charge in [-0.3, -0.25) is 24.1 Å². The van der Waals surface area contributed by atoms with E-state index in [2.05, 4.69) is 16.3 Å². The molecule has 0 radical (unpaired) electrons. The number of carbonyl (C=O) groups is 3. The van der Waals surface area contributed by atoms with Gasteiger partial charge in [-0.15, -0.1) is 0 Å². The first-order valence-electron chi connectivity index (χ1n) is 8.56. The van der Waals surface area contributed by atoms with E-state index in [-0.39, 0.29) is 36.9 Å². The minimum atomic E-state index is -0.569. The Morgan fingerprint density at radius 1 is 0.840 bits per heavy atom. The molecule has 0 fully saturated rings. The smallest absolute Gasteiger partial charge is 0.248 e. The second kappa shape index (κ2) is 11.0. The molecular formula is C17H33N3O5. The van der Waals surface area contributed by atoms with Crippen LogP contribution < -0.4 is 16.3 Å². The second-order valence-corrected chi connectivity index (χ2v) is 7.71. The average molecular weight is 359 g/mol. The standard InChI is InChI=1S/C17H33N3O5/c1-11(2)8-18-14(21)12(3)9-24-19-15(22)13(4)10-25-20-16(23)17(5,6)7/h11-13H,8-10H2,1-7H3,(H,18,21)(H,19,22)(H,20,23). The molecule has 0 aromatic carbocycles. The SMILES string of the molecule is CC(C)CNC(=O)C(C)CONC(=O)C(C)CONC(=O)C(C)(C)C. The maximum absolute atomic E-state index is 11.9. The normalized spacial score (nSPS) is 13.9. The summed E-state index contributed by atoms with van der Waals surface area (Å²) < 4.78 is 0. The van der Waals surface area contributed by atoms with E-state index in [1.807, 2.05) is 13.8 Å². The molecule has 146 valence electrons. The molecule has 0 aromatic rings. The van der Waals surface area contributed by atoms with Crippen molar-refractivity contribution in [3.05, 3.63) is 0 Å². The van der Waals surface area contributed by atoms with Crippen molar-refractivity contribution >= 4 is 17.7 Å². The molecule has 8 heteroatoms. The van der Waals surface area contributed by atoms with Crippen LogP contribution in [0.15, 0.2) is 0 Å². The predicted octanol–water partition coefficient (Wildman–Crippen LogP) is 1.17. The van der Waals surface area contributed by atoms with Crippen molar-refractivity contribution in [2.45, 2.75) is 48.5 Å². The fraction of sp³-hybridized carbons (Fsp3) is 0.824. The van der Waals surface area contributed by atoms with E-state index in [1.165, 1.54) is 0 Å². The molecule has 2 atom stereocenters. The van der Waals surface area contributed by atoms with E-state index < -0.39 is 11.3 Å². The van der Waals surface area contributed by atoms with Crippen LogP contribution in [0.5, 0.6) is 0 Å². The van der Waals surface area contributed by atoms with Crippen LogP contribution in [0.1, 0.15) is 48.5 Å². The zero-order valence-corrected chi connectivity index (χ0v) is 16.4. The third kappa shape index (κ3) is 10.7. The summed E-state index contributed by atoms with van der Waals surface area (Å²) in [5.41, 5.74) is 4.03. The van der Waals surface area contributed by atoms with Gasteiger partial charge in [-0.05, 0) is 5.92 Å². The maximum Gasteiger partial charge on any atom is 0.248 e. The fourth-order valence-corrected chi connectivity index (χ4v) is 1.35. The number of nitrogens with one attached hydrogen (secondary N) is 3. The number of carbonyl (C=O) groups excluding carboxylic acids is 3. The fourth-order valence-electron chi connectivity index (χ4n) is 1.35. The van der Waals surface area contributed by atoms with Gasteiger partial charge in [-0.2, -0.15) is 0 Å². The van der Waals surface area contributed by atoms with Crippen LogP contribution in [0.4, 0.5) is 0 Å². The summed E-state index contributed by atoms with van der Waals surface area (Å²) in [5.74, 6) is -1.31. The van der Waals surface area contributed by atoms with Crippen molar-refractivity contribution in [2.75, 3.05) is 19.8 Å². The number of rotatable bonds is 10. The van der Waals surface area contributed by atoms with Crippen LogP contribution in [0, 0.1) is 23.2 Å². The third-order valence-electron chi connectivity index (χ3n) is 3.27. The number of hydroxylamine groups is 2. The Morgan fingerprint density at radius 2 is 1.32 bits per heavy atom. The molecule has 0 heterocycles. The molecule has 0 aliphatic rings. The third-order valence-corrected chi connectivity index (χ3v) is 3.27. The van der Waals surface area contributed by atoms with E-state index in [1.54, 1.807) is 34.6 Å². The highest BCUT2D eigenvalue weighted by Crippen LogP contribution is 2.12. The van der Waals surface area contributed by atoms with Gasteiger partial charge >= 0.3 is 0 Å². The Morgan fingerprint density at radius 3 is 1.80 bits per heavy atom. The highest BCUT2D eigenvalue weighted by molar-refractivity contribution is 5.80. The van der Waals surface area contributed by atoms with Crippen LogP contribution >= 0.6 is 0 Å². The summed E-state index contributed by atoms with van der Waals surface area (Å²) in [7, 11) is 0. The molecule has 0 spiro atoms. The van der Waals surface area contributed by atoms with Gasteiger partial charge in [0.25, 0.3) is 0 Å². The topological polar surface area (TPSA) is 106 Å². The Balaban J connectivity index is 3.97. The summed E-state index contributed by atoms with van der Waals surface area (Å²) in [5, 5.41) is 2.80. The van der Waals surface area contributed by atoms with Crippen molar-refractivity contribution in [1.82, 2.24) is 16.3 Å². The Labute approximate surface area is 150 Å². The molecule has 0 saturated carbocycles. The summed E-state index contributed by atoms with van der Waals surface area (Å²) >= 11 is 0. The first-order valence-corrected chi connectivity index (χ1v) is 8.56. The zero-order chi connectivity index (χ0) is 19.6. The van der Waals surface area contributed by atoms with Crippen LogP contribution in [-0.4, -0.2) is 37.5 Å². The summed E-state index contributed by atoms with van der Waals surface area (Å²) in [4.78, 5) is 45.4. The molecule has 25 heavy (non-hydrogen) atoms. The lowest BCUT2D eigenvalue weighted by molar-refractivity contribution is -0.149. The van der Waals surface area contributed by atoms with Gasteiger partial charge in [0.05, 0.1) is 25.0 Å². The lowest BCUT2D eigenvalue weighted by atomic mass is 9.96. The minimum Gasteiger partial charge on any atom is -0.356 e. The highest BCUT2D eigenvalue weighted by atomic mass is 16.7. The van der Waals surface area contributed by atoms with Gasteiger partial charge in [0.1, 0.15) is 0 Å². The molecule has 0 rings (SSSR count). The molecular weight excluding hydrogens is 326 g/mol. The summed E-state index contributed by atoms with van der Waals surface area (Å²) in [6.07, 6.45) is 0. The molecule has 0 bridgehead atoms. The van der Waals surface area contributed by atoms with Gasteiger partial charge in [-0.1, -0.05) is 48.5 Å². The zero-order valence-electron chi connectivity index (χ0n) is 16.4. The van der Waals surface area contributed by atoms with E-state index in [0.717, 1.165) is 0 Å². The van der Waals surface area contributed by atoms with Crippen LogP contribution in [0.2, 0.25) is 0 Å². The minimum absolute atomic E-state index is 0.0153. The molecule has 2 unspecified atom stereocenters. The van der Waals surface area contributed by atoms with Crippen molar-refractivity contribution < 1.29 is 24.1 Å². The monoisotopic (exact) mass is 359 g/mol. The van der Waals surface area contributed by atoms with Crippen molar-refractivity contribution in [2.24, 2.45) is 23.2 Å². The Bertz CT molecular complexity index is 446. The highest BCUT2D eigenvalue weighted by Gasteiger charge is 2.22. The van der Waals surface area contributed by atoms with Gasteiger partial charge in [0, 0.05) is 12.0 Å². The maximum atomic E-state index is 11.9. The molecule has 0 saturated heterocycles.